The third-order valence-corrected chi connectivity index (χ3v) is 5.57. The van der Waals surface area contributed by atoms with Crippen LogP contribution in [0, 0.1) is 11.3 Å². The Hall–Kier alpha value is -2.62. The Balaban J connectivity index is 1.95. The van der Waals surface area contributed by atoms with Crippen LogP contribution in [0.4, 0.5) is 0 Å². The highest BCUT2D eigenvalue weighted by Crippen LogP contribution is 2.36. The number of aromatic nitrogens is 1. The van der Waals surface area contributed by atoms with Crippen molar-refractivity contribution < 1.29 is 9.84 Å². The second kappa shape index (κ2) is 8.38. The van der Waals surface area contributed by atoms with Crippen LogP contribution >= 0.6 is 27.3 Å². The Morgan fingerprint density at radius 3 is 2.70 bits per heavy atom. The summed E-state index contributed by atoms with van der Waals surface area (Å²) in [7, 11) is 1.48. The minimum absolute atomic E-state index is 0.0280. The van der Waals surface area contributed by atoms with E-state index in [4.69, 9.17) is 4.74 Å². The molecule has 0 aliphatic heterocycles. The van der Waals surface area contributed by atoms with E-state index in [1.165, 1.54) is 24.0 Å². The number of nitriles is 1. The molecule has 27 heavy (non-hydrogen) atoms. The van der Waals surface area contributed by atoms with Gasteiger partial charge in [-0.25, -0.2) is 4.98 Å². The summed E-state index contributed by atoms with van der Waals surface area (Å²) in [6.07, 6.45) is 2.73. The van der Waals surface area contributed by atoms with E-state index in [1.54, 1.807) is 18.2 Å². The summed E-state index contributed by atoms with van der Waals surface area (Å²) in [6, 6.07) is 13.9. The van der Waals surface area contributed by atoms with Gasteiger partial charge < -0.3 is 9.84 Å². The van der Waals surface area contributed by atoms with Crippen molar-refractivity contribution in [2.45, 2.75) is 13.3 Å². The average molecular weight is 441 g/mol. The zero-order valence-electron chi connectivity index (χ0n) is 14.9. The third-order valence-electron chi connectivity index (χ3n) is 4.09. The van der Waals surface area contributed by atoms with Crippen LogP contribution in [0.15, 0.2) is 46.3 Å². The van der Waals surface area contributed by atoms with E-state index in [2.05, 4.69) is 58.2 Å². The fourth-order valence-corrected chi connectivity index (χ4v) is 3.84. The number of hydrogen-bond acceptors (Lipinski definition) is 5. The summed E-state index contributed by atoms with van der Waals surface area (Å²) >= 11 is 4.73. The Bertz CT molecular complexity index is 1030. The molecule has 136 valence electrons. The molecule has 0 saturated heterocycles. The summed E-state index contributed by atoms with van der Waals surface area (Å²) in [5.74, 6) is 0.365. The van der Waals surface area contributed by atoms with Crippen LogP contribution in [0.5, 0.6) is 11.5 Å². The maximum Gasteiger partial charge on any atom is 0.172 e. The minimum atomic E-state index is 0.0280. The van der Waals surface area contributed by atoms with Gasteiger partial charge >= 0.3 is 0 Å². The predicted octanol–water partition coefficient (Wildman–Crippen LogP) is 5.91. The standard InChI is InChI=1S/C21H17BrN2O2S/c1-3-13-4-6-15(7-5-13)18-12-27-21(24-18)16(11-23)8-14-9-17(22)20(25)19(10-14)26-2/h4-10,12,25H,3H2,1-2H3. The zero-order chi connectivity index (χ0) is 19.4. The number of ether oxygens (including phenoxy) is 1. The molecular weight excluding hydrogens is 424 g/mol. The van der Waals surface area contributed by atoms with E-state index in [1.807, 2.05) is 5.38 Å². The smallest absolute Gasteiger partial charge is 0.172 e. The van der Waals surface area contributed by atoms with Gasteiger partial charge in [-0.15, -0.1) is 11.3 Å². The van der Waals surface area contributed by atoms with Crippen LogP contribution in [0.3, 0.4) is 0 Å². The minimum Gasteiger partial charge on any atom is -0.503 e. The van der Waals surface area contributed by atoms with Crippen LogP contribution in [-0.4, -0.2) is 17.2 Å². The van der Waals surface area contributed by atoms with Crippen LogP contribution < -0.4 is 4.74 Å². The van der Waals surface area contributed by atoms with Crippen molar-refractivity contribution in [2.24, 2.45) is 0 Å². The van der Waals surface area contributed by atoms with E-state index in [9.17, 15) is 10.4 Å². The van der Waals surface area contributed by atoms with Crippen LogP contribution in [-0.2, 0) is 6.42 Å². The summed E-state index contributed by atoms with van der Waals surface area (Å²) in [4.78, 5) is 4.62. The molecule has 0 aliphatic rings. The van der Waals surface area contributed by atoms with Crippen molar-refractivity contribution in [3.8, 4) is 28.8 Å². The Labute approximate surface area is 170 Å². The summed E-state index contributed by atoms with van der Waals surface area (Å²) < 4.78 is 5.66. The first-order valence-corrected chi connectivity index (χ1v) is 9.96. The first-order valence-electron chi connectivity index (χ1n) is 8.29. The molecule has 1 N–H and O–H groups in total. The second-order valence-electron chi connectivity index (χ2n) is 5.81. The quantitative estimate of drug-likeness (QED) is 0.500. The van der Waals surface area contributed by atoms with E-state index >= 15 is 0 Å². The lowest BCUT2D eigenvalue weighted by atomic mass is 10.1. The number of methoxy groups -OCH3 is 1. The number of hydrogen-bond donors (Lipinski definition) is 1. The number of phenolic OH excluding ortho intramolecular Hbond substituents is 1. The van der Waals surface area contributed by atoms with Crippen molar-refractivity contribution in [2.75, 3.05) is 7.11 Å². The zero-order valence-corrected chi connectivity index (χ0v) is 17.3. The molecule has 0 unspecified atom stereocenters. The molecule has 0 aliphatic carbocycles. The number of aryl methyl sites for hydroxylation is 1. The van der Waals surface area contributed by atoms with Crippen molar-refractivity contribution in [3.05, 3.63) is 62.4 Å². The molecule has 3 aromatic rings. The predicted molar refractivity (Wildman–Crippen MR) is 113 cm³/mol. The molecule has 0 atom stereocenters. The average Bonchev–Trinajstić information content (AvgIpc) is 3.18. The highest BCUT2D eigenvalue weighted by Gasteiger charge is 2.12. The van der Waals surface area contributed by atoms with Gasteiger partial charge in [0.2, 0.25) is 0 Å². The highest BCUT2D eigenvalue weighted by molar-refractivity contribution is 9.10. The second-order valence-corrected chi connectivity index (χ2v) is 7.52. The van der Waals surface area contributed by atoms with Gasteiger partial charge in [0, 0.05) is 10.9 Å². The molecule has 2 aromatic carbocycles. The van der Waals surface area contributed by atoms with E-state index in [0.717, 1.165) is 23.2 Å². The molecule has 0 fully saturated rings. The summed E-state index contributed by atoms with van der Waals surface area (Å²) in [6.45, 7) is 2.12. The third kappa shape index (κ3) is 4.21. The number of nitrogens with zero attached hydrogens (tertiary/aromatic N) is 2. The highest BCUT2D eigenvalue weighted by atomic mass is 79.9. The van der Waals surface area contributed by atoms with Gasteiger partial charge in [-0.2, -0.15) is 5.26 Å². The molecule has 0 saturated carbocycles. The van der Waals surface area contributed by atoms with Gasteiger partial charge in [0.15, 0.2) is 11.5 Å². The molecule has 3 rings (SSSR count). The number of aromatic hydroxyl groups is 1. The lowest BCUT2D eigenvalue weighted by molar-refractivity contribution is 0.372. The molecule has 1 aromatic heterocycles. The Morgan fingerprint density at radius 2 is 2.07 bits per heavy atom. The van der Waals surface area contributed by atoms with Crippen molar-refractivity contribution in [3.63, 3.8) is 0 Å². The number of halogens is 1. The maximum atomic E-state index is 9.93. The Kier molecular flexibility index (Phi) is 5.94. The summed E-state index contributed by atoms with van der Waals surface area (Å²) in [5.41, 5.74) is 4.34. The molecule has 0 spiro atoms. The lowest BCUT2D eigenvalue weighted by Gasteiger charge is -2.06. The van der Waals surface area contributed by atoms with Crippen molar-refractivity contribution >= 4 is 38.9 Å². The van der Waals surface area contributed by atoms with Crippen LogP contribution in [0.1, 0.15) is 23.1 Å². The van der Waals surface area contributed by atoms with Gasteiger partial charge in [0.1, 0.15) is 11.1 Å². The Morgan fingerprint density at radius 1 is 1.33 bits per heavy atom. The fraction of sp³-hybridized carbons (Fsp3) is 0.143. The summed E-state index contributed by atoms with van der Waals surface area (Å²) in [5, 5.41) is 22.1. The van der Waals surface area contributed by atoms with Gasteiger partial charge in [-0.1, -0.05) is 31.2 Å². The molecular formula is C21H17BrN2O2S. The van der Waals surface area contributed by atoms with Crippen molar-refractivity contribution in [1.82, 2.24) is 4.98 Å². The van der Waals surface area contributed by atoms with E-state index in [-0.39, 0.29) is 5.75 Å². The normalized spacial score (nSPS) is 11.3. The largest absolute Gasteiger partial charge is 0.503 e. The van der Waals surface area contributed by atoms with Gasteiger partial charge in [-0.3, -0.25) is 0 Å². The topological polar surface area (TPSA) is 66.1 Å². The number of phenols is 1. The molecule has 4 nitrogen and oxygen atoms in total. The van der Waals surface area contributed by atoms with Gasteiger partial charge in [0.05, 0.1) is 22.8 Å². The first kappa shape index (κ1) is 19.2. The fourth-order valence-electron chi connectivity index (χ4n) is 2.58. The van der Waals surface area contributed by atoms with Crippen LogP contribution in [0.2, 0.25) is 0 Å². The van der Waals surface area contributed by atoms with Gasteiger partial charge in [-0.05, 0) is 51.7 Å². The first-order chi connectivity index (χ1) is 13.0. The molecule has 0 radical (unpaired) electrons. The number of benzene rings is 2. The van der Waals surface area contributed by atoms with Crippen molar-refractivity contribution in [1.29, 1.82) is 5.26 Å². The number of allylic oxidation sites excluding steroid dienone is 1. The SMILES string of the molecule is CCc1ccc(-c2csc(C(C#N)=Cc3cc(Br)c(O)c(OC)c3)n2)cc1. The van der Waals surface area contributed by atoms with Crippen LogP contribution in [0.25, 0.3) is 22.9 Å². The maximum absolute atomic E-state index is 9.93. The van der Waals surface area contributed by atoms with E-state index in [0.29, 0.717) is 20.8 Å². The number of rotatable bonds is 5. The number of thiazole rings is 1. The molecule has 1 heterocycles. The molecule has 6 heteroatoms. The molecule has 0 amide bonds. The lowest BCUT2D eigenvalue weighted by Crippen LogP contribution is -1.87. The van der Waals surface area contributed by atoms with Gasteiger partial charge in [0.25, 0.3) is 0 Å². The monoisotopic (exact) mass is 440 g/mol. The van der Waals surface area contributed by atoms with E-state index < -0.39 is 0 Å². The molecule has 0 bridgehead atoms.